The molecule has 0 aromatic rings. The lowest BCUT2D eigenvalue weighted by atomic mass is 9.87. The number of hydrogen-bond donors (Lipinski definition) is 2. The lowest BCUT2D eigenvalue weighted by molar-refractivity contribution is -0.124. The molecule has 0 heterocycles. The van der Waals surface area contributed by atoms with Crippen molar-refractivity contribution in [3.63, 3.8) is 0 Å². The Hall–Kier alpha value is -0.570. The zero-order valence-corrected chi connectivity index (χ0v) is 12.3. The first-order valence-corrected chi connectivity index (χ1v) is 6.45. The molecule has 1 amide bonds. The standard InChI is InChI=1S/C14H28N2O/c1-12(2,3)10(15)11(17)16-8-9-13(4,5)14(9,6)7/h9-10H,8,15H2,1-7H3,(H,16,17). The van der Waals surface area contributed by atoms with Crippen molar-refractivity contribution in [2.24, 2.45) is 27.9 Å². The van der Waals surface area contributed by atoms with Crippen molar-refractivity contribution in [3.8, 4) is 0 Å². The van der Waals surface area contributed by atoms with Gasteiger partial charge in [0.2, 0.25) is 5.91 Å². The van der Waals surface area contributed by atoms with Crippen LogP contribution in [0.5, 0.6) is 0 Å². The predicted octanol–water partition coefficient (Wildman–Crippen LogP) is 2.16. The van der Waals surface area contributed by atoms with Crippen molar-refractivity contribution in [2.45, 2.75) is 54.5 Å². The normalized spacial score (nSPS) is 24.2. The smallest absolute Gasteiger partial charge is 0.237 e. The predicted molar refractivity (Wildman–Crippen MR) is 71.5 cm³/mol. The lowest BCUT2D eigenvalue weighted by Crippen LogP contribution is -2.49. The van der Waals surface area contributed by atoms with E-state index in [1.807, 2.05) is 20.8 Å². The third kappa shape index (κ3) is 2.49. The number of nitrogens with two attached hydrogens (primary N) is 1. The van der Waals surface area contributed by atoms with Gasteiger partial charge in [0.15, 0.2) is 0 Å². The second-order valence-electron chi connectivity index (χ2n) is 7.58. The third-order valence-corrected chi connectivity index (χ3v) is 5.02. The molecule has 1 rings (SSSR count). The zero-order valence-electron chi connectivity index (χ0n) is 12.3. The van der Waals surface area contributed by atoms with Gasteiger partial charge in [-0.1, -0.05) is 48.5 Å². The second-order valence-corrected chi connectivity index (χ2v) is 7.58. The fourth-order valence-corrected chi connectivity index (χ4v) is 2.55. The van der Waals surface area contributed by atoms with Crippen molar-refractivity contribution in [1.82, 2.24) is 5.32 Å². The van der Waals surface area contributed by atoms with Crippen molar-refractivity contribution in [3.05, 3.63) is 0 Å². The van der Waals surface area contributed by atoms with E-state index in [0.29, 0.717) is 16.7 Å². The topological polar surface area (TPSA) is 55.1 Å². The Balaban J connectivity index is 2.47. The van der Waals surface area contributed by atoms with Gasteiger partial charge in [-0.2, -0.15) is 0 Å². The van der Waals surface area contributed by atoms with Crippen molar-refractivity contribution < 1.29 is 4.79 Å². The van der Waals surface area contributed by atoms with Crippen LogP contribution in [0.2, 0.25) is 0 Å². The number of carbonyl (C=O) groups is 1. The Morgan fingerprint density at radius 1 is 1.24 bits per heavy atom. The van der Waals surface area contributed by atoms with Gasteiger partial charge >= 0.3 is 0 Å². The van der Waals surface area contributed by atoms with Gasteiger partial charge in [-0.05, 0) is 22.2 Å². The summed E-state index contributed by atoms with van der Waals surface area (Å²) >= 11 is 0. The van der Waals surface area contributed by atoms with Gasteiger partial charge in [0, 0.05) is 6.54 Å². The molecule has 0 radical (unpaired) electrons. The molecule has 0 bridgehead atoms. The number of nitrogens with one attached hydrogen (secondary N) is 1. The quantitative estimate of drug-likeness (QED) is 0.794. The van der Waals surface area contributed by atoms with E-state index in [1.54, 1.807) is 0 Å². The molecule has 1 aliphatic rings. The molecular weight excluding hydrogens is 212 g/mol. The summed E-state index contributed by atoms with van der Waals surface area (Å²) in [6.07, 6.45) is 0. The lowest BCUT2D eigenvalue weighted by Gasteiger charge is -2.26. The highest BCUT2D eigenvalue weighted by Gasteiger charge is 2.64. The molecule has 17 heavy (non-hydrogen) atoms. The molecule has 1 unspecified atom stereocenters. The first-order valence-electron chi connectivity index (χ1n) is 6.45. The van der Waals surface area contributed by atoms with Gasteiger partial charge in [-0.15, -0.1) is 0 Å². The van der Waals surface area contributed by atoms with Gasteiger partial charge in [0.25, 0.3) is 0 Å². The summed E-state index contributed by atoms with van der Waals surface area (Å²) < 4.78 is 0. The number of carbonyl (C=O) groups excluding carboxylic acids is 1. The van der Waals surface area contributed by atoms with Crippen LogP contribution in [0.1, 0.15) is 48.5 Å². The maximum absolute atomic E-state index is 11.9. The third-order valence-electron chi connectivity index (χ3n) is 5.02. The van der Waals surface area contributed by atoms with Gasteiger partial charge < -0.3 is 11.1 Å². The summed E-state index contributed by atoms with van der Waals surface area (Å²) in [6.45, 7) is 15.7. The molecular formula is C14H28N2O. The van der Waals surface area contributed by atoms with E-state index in [-0.39, 0.29) is 11.3 Å². The van der Waals surface area contributed by atoms with Gasteiger partial charge in [-0.3, -0.25) is 4.79 Å². The van der Waals surface area contributed by atoms with Gasteiger partial charge in [-0.25, -0.2) is 0 Å². The number of amides is 1. The van der Waals surface area contributed by atoms with E-state index in [4.69, 9.17) is 5.73 Å². The highest BCUT2D eigenvalue weighted by molar-refractivity contribution is 5.82. The molecule has 3 N–H and O–H groups in total. The second kappa shape index (κ2) is 3.98. The Bertz CT molecular complexity index is 299. The Labute approximate surface area is 106 Å². The molecule has 0 aromatic heterocycles. The fourth-order valence-electron chi connectivity index (χ4n) is 2.55. The Morgan fingerprint density at radius 3 is 1.94 bits per heavy atom. The van der Waals surface area contributed by atoms with E-state index in [2.05, 4.69) is 33.0 Å². The number of hydrogen-bond acceptors (Lipinski definition) is 2. The van der Waals surface area contributed by atoms with Crippen LogP contribution in [0.4, 0.5) is 0 Å². The Kier molecular flexibility index (Phi) is 3.39. The SMILES string of the molecule is CC(C)(C)C(N)C(=O)NCC1C(C)(C)C1(C)C. The van der Waals surface area contributed by atoms with E-state index in [0.717, 1.165) is 6.54 Å². The van der Waals surface area contributed by atoms with E-state index < -0.39 is 6.04 Å². The van der Waals surface area contributed by atoms with Crippen LogP contribution in [-0.2, 0) is 4.79 Å². The van der Waals surface area contributed by atoms with E-state index in [1.165, 1.54) is 0 Å². The maximum Gasteiger partial charge on any atom is 0.237 e. The van der Waals surface area contributed by atoms with Crippen molar-refractivity contribution in [1.29, 1.82) is 0 Å². The molecule has 0 aromatic carbocycles. The average molecular weight is 240 g/mol. The molecule has 1 fully saturated rings. The van der Waals surface area contributed by atoms with Crippen molar-refractivity contribution >= 4 is 5.91 Å². The minimum atomic E-state index is -0.438. The molecule has 0 aliphatic heterocycles. The molecule has 3 nitrogen and oxygen atoms in total. The van der Waals surface area contributed by atoms with Crippen LogP contribution in [0.25, 0.3) is 0 Å². The van der Waals surface area contributed by atoms with Crippen LogP contribution in [0, 0.1) is 22.2 Å². The maximum atomic E-state index is 11.9. The Morgan fingerprint density at radius 2 is 1.65 bits per heavy atom. The first kappa shape index (κ1) is 14.5. The summed E-state index contributed by atoms with van der Waals surface area (Å²) in [5.41, 5.74) is 6.37. The monoisotopic (exact) mass is 240 g/mol. The average Bonchev–Trinajstić information content (AvgIpc) is 2.51. The fraction of sp³-hybridized carbons (Fsp3) is 0.929. The van der Waals surface area contributed by atoms with Crippen LogP contribution < -0.4 is 11.1 Å². The van der Waals surface area contributed by atoms with Crippen molar-refractivity contribution in [2.75, 3.05) is 6.54 Å². The minimum absolute atomic E-state index is 0.0315. The summed E-state index contributed by atoms with van der Waals surface area (Å²) in [4.78, 5) is 11.9. The molecule has 3 heteroatoms. The highest BCUT2D eigenvalue weighted by atomic mass is 16.2. The molecule has 0 spiro atoms. The van der Waals surface area contributed by atoms with E-state index in [9.17, 15) is 4.79 Å². The minimum Gasteiger partial charge on any atom is -0.354 e. The highest BCUT2D eigenvalue weighted by Crippen LogP contribution is 2.67. The largest absolute Gasteiger partial charge is 0.354 e. The van der Waals surface area contributed by atoms with Crippen LogP contribution in [0.15, 0.2) is 0 Å². The zero-order chi connectivity index (χ0) is 13.6. The van der Waals surface area contributed by atoms with Crippen LogP contribution in [-0.4, -0.2) is 18.5 Å². The first-order chi connectivity index (χ1) is 7.42. The molecule has 1 aliphatic carbocycles. The van der Waals surface area contributed by atoms with Gasteiger partial charge in [0.1, 0.15) is 0 Å². The van der Waals surface area contributed by atoms with Gasteiger partial charge in [0.05, 0.1) is 6.04 Å². The summed E-state index contributed by atoms with van der Waals surface area (Å²) in [6, 6.07) is -0.438. The molecule has 1 saturated carbocycles. The number of rotatable bonds is 3. The molecule has 0 saturated heterocycles. The summed E-state index contributed by atoms with van der Waals surface area (Å²) in [7, 11) is 0. The van der Waals surface area contributed by atoms with Crippen LogP contribution in [0.3, 0.4) is 0 Å². The summed E-state index contributed by atoms with van der Waals surface area (Å²) in [5.74, 6) is 0.516. The molecule has 1 atom stereocenters. The molecule has 100 valence electrons. The van der Waals surface area contributed by atoms with Crippen LogP contribution >= 0.6 is 0 Å². The summed E-state index contributed by atoms with van der Waals surface area (Å²) in [5, 5.41) is 3.00. The van der Waals surface area contributed by atoms with E-state index >= 15 is 0 Å².